The fourth-order valence-electron chi connectivity index (χ4n) is 2.43. The maximum Gasteiger partial charge on any atom is 0.309 e. The van der Waals surface area contributed by atoms with Crippen molar-refractivity contribution >= 4 is 5.97 Å². The van der Waals surface area contributed by atoms with Crippen molar-refractivity contribution in [2.24, 2.45) is 5.92 Å². The number of carbonyl (C=O) groups excluding carboxylic acids is 1. The summed E-state index contributed by atoms with van der Waals surface area (Å²) in [6, 6.07) is 10.5. The van der Waals surface area contributed by atoms with E-state index in [1.165, 1.54) is 5.56 Å². The minimum Gasteiger partial charge on any atom is -0.466 e. The summed E-state index contributed by atoms with van der Waals surface area (Å²) in [6.45, 7) is 5.30. The van der Waals surface area contributed by atoms with Crippen molar-refractivity contribution in [2.75, 3.05) is 19.7 Å². The molecule has 0 unspecified atom stereocenters. The summed E-state index contributed by atoms with van der Waals surface area (Å²) in [5, 5.41) is 0. The van der Waals surface area contributed by atoms with Gasteiger partial charge in [-0.25, -0.2) is 0 Å². The Hall–Kier alpha value is -1.35. The molecule has 0 atom stereocenters. The molecule has 0 amide bonds. The quantitative estimate of drug-likeness (QED) is 0.782. The van der Waals surface area contributed by atoms with Crippen LogP contribution in [0.25, 0.3) is 0 Å². The van der Waals surface area contributed by atoms with Gasteiger partial charge >= 0.3 is 5.97 Å². The molecule has 0 saturated carbocycles. The predicted molar refractivity (Wildman–Crippen MR) is 77.8 cm³/mol. The third-order valence-electron chi connectivity index (χ3n) is 3.46. The fraction of sp³-hybridized carbons (Fsp3) is 0.562. The van der Waals surface area contributed by atoms with Crippen LogP contribution in [0.3, 0.4) is 0 Å². The minimum atomic E-state index is -0.0168. The number of ether oxygens (including phenoxy) is 1. The highest BCUT2D eigenvalue weighted by molar-refractivity contribution is 5.72. The number of piperidine rings is 1. The number of likely N-dealkylation sites (tertiary alicyclic amines) is 1. The van der Waals surface area contributed by atoms with Gasteiger partial charge in [0.05, 0.1) is 12.5 Å². The maximum absolute atomic E-state index is 11.6. The molecule has 3 nitrogen and oxygen atoms in total. The molecular formula is C16H25NO2. The van der Waals surface area contributed by atoms with Crippen LogP contribution in [0, 0.1) is 5.92 Å². The molecule has 0 spiro atoms. The molecule has 0 aromatic heterocycles. The van der Waals surface area contributed by atoms with Crippen LogP contribution in [0.1, 0.15) is 32.8 Å². The average molecular weight is 263 g/mol. The zero-order valence-electron chi connectivity index (χ0n) is 11.0. The van der Waals surface area contributed by atoms with E-state index in [-0.39, 0.29) is 19.3 Å². The molecule has 0 aliphatic carbocycles. The number of esters is 1. The van der Waals surface area contributed by atoms with Gasteiger partial charge < -0.3 is 4.74 Å². The van der Waals surface area contributed by atoms with Crippen LogP contribution >= 0.6 is 0 Å². The Labute approximate surface area is 116 Å². The molecule has 19 heavy (non-hydrogen) atoms. The van der Waals surface area contributed by atoms with Gasteiger partial charge in [-0.05, 0) is 38.4 Å². The van der Waals surface area contributed by atoms with E-state index in [4.69, 9.17) is 4.74 Å². The Bertz CT molecular complexity index is 370. The maximum atomic E-state index is 11.6. The van der Waals surface area contributed by atoms with Crippen LogP contribution in [0.4, 0.5) is 0 Å². The molecule has 1 aromatic carbocycles. The van der Waals surface area contributed by atoms with Crippen molar-refractivity contribution in [3.05, 3.63) is 35.9 Å². The van der Waals surface area contributed by atoms with Crippen LogP contribution in [-0.4, -0.2) is 30.6 Å². The summed E-state index contributed by atoms with van der Waals surface area (Å²) in [7, 11) is 0. The lowest BCUT2D eigenvalue weighted by Crippen LogP contribution is -2.36. The summed E-state index contributed by atoms with van der Waals surface area (Å²) in [4.78, 5) is 14.0. The zero-order chi connectivity index (χ0) is 12.8. The van der Waals surface area contributed by atoms with Crippen molar-refractivity contribution in [3.63, 3.8) is 0 Å². The molecule has 1 heterocycles. The zero-order valence-corrected chi connectivity index (χ0v) is 11.0. The third-order valence-corrected chi connectivity index (χ3v) is 3.46. The molecule has 1 saturated heterocycles. The van der Waals surface area contributed by atoms with Gasteiger partial charge in [-0.3, -0.25) is 9.69 Å². The monoisotopic (exact) mass is 263 g/mol. The largest absolute Gasteiger partial charge is 0.466 e. The second-order valence-electron chi connectivity index (χ2n) is 4.79. The van der Waals surface area contributed by atoms with Gasteiger partial charge in [0.25, 0.3) is 0 Å². The van der Waals surface area contributed by atoms with E-state index in [2.05, 4.69) is 29.2 Å². The lowest BCUT2D eigenvalue weighted by atomic mass is 9.96. The van der Waals surface area contributed by atoms with Gasteiger partial charge in [0.15, 0.2) is 0 Å². The number of hydrogen-bond donors (Lipinski definition) is 0. The van der Waals surface area contributed by atoms with Crippen LogP contribution in [0.5, 0.6) is 0 Å². The SMILES string of the molecule is C.CCOC(=O)C1CCN(Cc2ccccc2)CC1. The molecule has 2 rings (SSSR count). The van der Waals surface area contributed by atoms with E-state index in [0.29, 0.717) is 6.61 Å². The summed E-state index contributed by atoms with van der Waals surface area (Å²) >= 11 is 0. The Balaban J connectivity index is 0.00000180. The van der Waals surface area contributed by atoms with Gasteiger partial charge in [0.1, 0.15) is 0 Å². The molecule has 106 valence electrons. The normalized spacial score (nSPS) is 16.7. The number of rotatable bonds is 4. The van der Waals surface area contributed by atoms with Crippen molar-refractivity contribution in [3.8, 4) is 0 Å². The number of carbonyl (C=O) groups is 1. The van der Waals surface area contributed by atoms with Crippen molar-refractivity contribution in [1.29, 1.82) is 0 Å². The molecular weight excluding hydrogens is 238 g/mol. The lowest BCUT2D eigenvalue weighted by Gasteiger charge is -2.30. The fourth-order valence-corrected chi connectivity index (χ4v) is 2.43. The first-order chi connectivity index (χ1) is 8.79. The molecule has 1 fully saturated rings. The summed E-state index contributed by atoms with van der Waals surface area (Å²) in [5.74, 6) is 0.0915. The van der Waals surface area contributed by atoms with Crippen LogP contribution in [0.2, 0.25) is 0 Å². The molecule has 0 bridgehead atoms. The second kappa shape index (κ2) is 7.95. The van der Waals surface area contributed by atoms with Gasteiger partial charge in [-0.1, -0.05) is 37.8 Å². The molecule has 1 aliphatic heterocycles. The Morgan fingerprint density at radius 2 is 1.89 bits per heavy atom. The third kappa shape index (κ3) is 4.67. The highest BCUT2D eigenvalue weighted by Gasteiger charge is 2.25. The van der Waals surface area contributed by atoms with Gasteiger partial charge in [-0.15, -0.1) is 0 Å². The minimum absolute atomic E-state index is 0. The molecule has 3 heteroatoms. The summed E-state index contributed by atoms with van der Waals surface area (Å²) in [5.41, 5.74) is 1.34. The van der Waals surface area contributed by atoms with Crippen molar-refractivity contribution in [2.45, 2.75) is 33.7 Å². The summed E-state index contributed by atoms with van der Waals surface area (Å²) < 4.78 is 5.08. The van der Waals surface area contributed by atoms with Gasteiger partial charge in [-0.2, -0.15) is 0 Å². The lowest BCUT2D eigenvalue weighted by molar-refractivity contribution is -0.149. The topological polar surface area (TPSA) is 29.5 Å². The standard InChI is InChI=1S/C15H21NO2.CH4/c1-2-18-15(17)14-8-10-16(11-9-14)12-13-6-4-3-5-7-13;/h3-7,14H,2,8-12H2,1H3;1H4. The average Bonchev–Trinajstić information content (AvgIpc) is 2.41. The van der Waals surface area contributed by atoms with Crippen molar-refractivity contribution < 1.29 is 9.53 Å². The summed E-state index contributed by atoms with van der Waals surface area (Å²) in [6.07, 6.45) is 1.84. The highest BCUT2D eigenvalue weighted by atomic mass is 16.5. The molecule has 0 radical (unpaired) electrons. The first-order valence-corrected chi connectivity index (χ1v) is 6.72. The first-order valence-electron chi connectivity index (χ1n) is 6.72. The van der Waals surface area contributed by atoms with Crippen molar-refractivity contribution in [1.82, 2.24) is 4.90 Å². The van der Waals surface area contributed by atoms with Crippen LogP contribution in [-0.2, 0) is 16.1 Å². The molecule has 0 N–H and O–H groups in total. The first kappa shape index (κ1) is 15.7. The Morgan fingerprint density at radius 1 is 1.26 bits per heavy atom. The van der Waals surface area contributed by atoms with E-state index in [9.17, 15) is 4.79 Å². The second-order valence-corrected chi connectivity index (χ2v) is 4.79. The van der Waals surface area contributed by atoms with E-state index in [1.54, 1.807) is 0 Å². The Morgan fingerprint density at radius 3 is 2.47 bits per heavy atom. The predicted octanol–water partition coefficient (Wildman–Crippen LogP) is 3.10. The van der Waals surface area contributed by atoms with Gasteiger partial charge in [0.2, 0.25) is 0 Å². The molecule has 1 aliphatic rings. The van der Waals surface area contributed by atoms with Crippen LogP contribution < -0.4 is 0 Å². The molecule has 1 aromatic rings. The van der Waals surface area contributed by atoms with E-state index in [1.807, 2.05) is 13.0 Å². The number of benzene rings is 1. The smallest absolute Gasteiger partial charge is 0.309 e. The van der Waals surface area contributed by atoms with Crippen LogP contribution in [0.15, 0.2) is 30.3 Å². The highest BCUT2D eigenvalue weighted by Crippen LogP contribution is 2.20. The van der Waals surface area contributed by atoms with Gasteiger partial charge in [0, 0.05) is 6.54 Å². The Kier molecular flexibility index (Phi) is 6.57. The number of nitrogens with zero attached hydrogens (tertiary/aromatic N) is 1. The number of hydrogen-bond acceptors (Lipinski definition) is 3. The van der Waals surface area contributed by atoms with E-state index >= 15 is 0 Å². The van der Waals surface area contributed by atoms with E-state index < -0.39 is 0 Å². The van der Waals surface area contributed by atoms with E-state index in [0.717, 1.165) is 32.5 Å².